The molecule has 3 rings (SSSR count). The Balaban J connectivity index is 1.81. The molecule has 110 valence electrons. The highest BCUT2D eigenvalue weighted by Gasteiger charge is 2.36. The van der Waals surface area contributed by atoms with Crippen molar-refractivity contribution in [3.05, 3.63) is 39.6 Å². The SMILES string of the molecule is COc1ccc(C2CC(=O)C(=C3SCCS3)C(=O)O2)cc1. The van der Waals surface area contributed by atoms with Crippen LogP contribution in [0.1, 0.15) is 18.1 Å². The van der Waals surface area contributed by atoms with E-state index < -0.39 is 12.1 Å². The summed E-state index contributed by atoms with van der Waals surface area (Å²) >= 11 is 3.13. The van der Waals surface area contributed by atoms with Gasteiger partial charge in [0.2, 0.25) is 0 Å². The standard InChI is InChI=1S/C15H14O4S2/c1-18-10-4-2-9(3-5-10)12-8-11(16)13(14(17)19-12)15-20-6-7-21-15/h2-5,12H,6-8H2,1H3. The van der Waals surface area contributed by atoms with Crippen LogP contribution in [-0.4, -0.2) is 30.4 Å². The lowest BCUT2D eigenvalue weighted by molar-refractivity contribution is -0.151. The van der Waals surface area contributed by atoms with Crippen LogP contribution in [0.4, 0.5) is 0 Å². The number of carbonyl (C=O) groups excluding carboxylic acids is 2. The molecule has 1 aromatic carbocycles. The fourth-order valence-electron chi connectivity index (χ4n) is 2.27. The molecule has 0 amide bonds. The normalized spacial score (nSPS) is 22.4. The second-order valence-corrected chi connectivity index (χ2v) is 7.12. The third-order valence-electron chi connectivity index (χ3n) is 3.34. The molecule has 2 saturated heterocycles. The maximum atomic E-state index is 12.3. The smallest absolute Gasteiger partial charge is 0.344 e. The maximum Gasteiger partial charge on any atom is 0.344 e. The van der Waals surface area contributed by atoms with Crippen LogP contribution >= 0.6 is 23.5 Å². The predicted molar refractivity (Wildman–Crippen MR) is 83.4 cm³/mol. The lowest BCUT2D eigenvalue weighted by Gasteiger charge is -2.24. The Labute approximate surface area is 131 Å². The first-order valence-corrected chi connectivity index (χ1v) is 8.54. The minimum absolute atomic E-state index is 0.121. The number of cyclic esters (lactones) is 1. The molecule has 0 saturated carbocycles. The molecular formula is C15H14O4S2. The second kappa shape index (κ2) is 6.15. The van der Waals surface area contributed by atoms with Gasteiger partial charge in [-0.05, 0) is 17.7 Å². The molecule has 1 aromatic rings. The molecule has 1 unspecified atom stereocenters. The second-order valence-electron chi connectivity index (χ2n) is 4.65. The molecule has 2 fully saturated rings. The molecule has 2 aliphatic heterocycles. The van der Waals surface area contributed by atoms with Crippen molar-refractivity contribution < 1.29 is 19.1 Å². The fourth-order valence-corrected chi connectivity index (χ4v) is 4.82. The molecule has 0 aromatic heterocycles. The molecule has 2 heterocycles. The van der Waals surface area contributed by atoms with E-state index >= 15 is 0 Å². The van der Waals surface area contributed by atoms with Gasteiger partial charge in [0.25, 0.3) is 0 Å². The van der Waals surface area contributed by atoms with E-state index in [1.807, 2.05) is 12.1 Å². The van der Waals surface area contributed by atoms with Crippen molar-refractivity contribution in [1.82, 2.24) is 0 Å². The lowest BCUT2D eigenvalue weighted by Crippen LogP contribution is -2.27. The van der Waals surface area contributed by atoms with Gasteiger partial charge in [0.1, 0.15) is 17.4 Å². The van der Waals surface area contributed by atoms with Gasteiger partial charge in [-0.25, -0.2) is 4.79 Å². The zero-order valence-electron chi connectivity index (χ0n) is 11.5. The van der Waals surface area contributed by atoms with Crippen LogP contribution in [0.2, 0.25) is 0 Å². The summed E-state index contributed by atoms with van der Waals surface area (Å²) in [5.74, 6) is 1.99. The number of thioether (sulfide) groups is 2. The van der Waals surface area contributed by atoms with Crippen molar-refractivity contribution in [3.63, 3.8) is 0 Å². The first kappa shape index (κ1) is 14.5. The molecule has 1 atom stereocenters. The summed E-state index contributed by atoms with van der Waals surface area (Å²) in [5, 5.41) is 0. The number of ether oxygens (including phenoxy) is 2. The molecule has 0 radical (unpaired) electrons. The van der Waals surface area contributed by atoms with Gasteiger partial charge in [-0.1, -0.05) is 12.1 Å². The Morgan fingerprint density at radius 1 is 1.14 bits per heavy atom. The number of esters is 1. The summed E-state index contributed by atoms with van der Waals surface area (Å²) in [4.78, 5) is 24.4. The summed E-state index contributed by atoms with van der Waals surface area (Å²) in [5.41, 5.74) is 1.06. The molecule has 2 aliphatic rings. The van der Waals surface area contributed by atoms with Gasteiger partial charge in [0.15, 0.2) is 5.78 Å². The zero-order valence-corrected chi connectivity index (χ0v) is 13.1. The first-order valence-electron chi connectivity index (χ1n) is 6.57. The van der Waals surface area contributed by atoms with Crippen molar-refractivity contribution in [1.29, 1.82) is 0 Å². The summed E-state index contributed by atoms with van der Waals surface area (Å²) in [6.45, 7) is 0. The average molecular weight is 322 g/mol. The first-order chi connectivity index (χ1) is 10.2. The Bertz CT molecular complexity index is 579. The Kier molecular flexibility index (Phi) is 4.26. The number of carbonyl (C=O) groups is 2. The van der Waals surface area contributed by atoms with Gasteiger partial charge in [-0.2, -0.15) is 0 Å². The van der Waals surface area contributed by atoms with Gasteiger partial charge in [0.05, 0.1) is 17.8 Å². The number of hydrogen-bond donors (Lipinski definition) is 0. The topological polar surface area (TPSA) is 52.6 Å². The number of hydrogen-bond acceptors (Lipinski definition) is 6. The van der Waals surface area contributed by atoms with Crippen molar-refractivity contribution in [2.45, 2.75) is 12.5 Å². The monoisotopic (exact) mass is 322 g/mol. The Morgan fingerprint density at radius 2 is 1.81 bits per heavy atom. The molecule has 21 heavy (non-hydrogen) atoms. The molecule has 0 aliphatic carbocycles. The molecule has 0 N–H and O–H groups in total. The third-order valence-corrected chi connectivity index (χ3v) is 6.06. The van der Waals surface area contributed by atoms with Gasteiger partial charge in [-0.15, -0.1) is 23.5 Å². The number of ketones is 1. The van der Waals surface area contributed by atoms with Crippen molar-refractivity contribution in [2.24, 2.45) is 0 Å². The highest BCUT2D eigenvalue weighted by Crippen LogP contribution is 2.42. The minimum atomic E-state index is -0.503. The maximum absolute atomic E-state index is 12.3. The van der Waals surface area contributed by atoms with Crippen LogP contribution < -0.4 is 4.74 Å². The lowest BCUT2D eigenvalue weighted by atomic mass is 9.98. The van der Waals surface area contributed by atoms with Crippen LogP contribution in [-0.2, 0) is 14.3 Å². The molecule has 0 spiro atoms. The van der Waals surface area contributed by atoms with Crippen LogP contribution in [0, 0.1) is 0 Å². The zero-order chi connectivity index (χ0) is 14.8. The predicted octanol–water partition coefficient (Wildman–Crippen LogP) is 2.94. The van der Waals surface area contributed by atoms with Gasteiger partial charge < -0.3 is 9.47 Å². The van der Waals surface area contributed by atoms with E-state index in [0.29, 0.717) is 0 Å². The summed E-state index contributed by atoms with van der Waals surface area (Å²) in [6, 6.07) is 7.23. The van der Waals surface area contributed by atoms with Gasteiger partial charge in [-0.3, -0.25) is 4.79 Å². The number of methoxy groups -OCH3 is 1. The quantitative estimate of drug-likeness (QED) is 0.474. The molecule has 4 nitrogen and oxygen atoms in total. The van der Waals surface area contributed by atoms with Crippen molar-refractivity contribution >= 4 is 35.3 Å². The van der Waals surface area contributed by atoms with Crippen LogP contribution in [0.15, 0.2) is 34.1 Å². The molecule has 6 heteroatoms. The number of rotatable bonds is 2. The highest BCUT2D eigenvalue weighted by atomic mass is 32.2. The van der Waals surface area contributed by atoms with Crippen LogP contribution in [0.5, 0.6) is 5.75 Å². The van der Waals surface area contributed by atoms with E-state index in [0.717, 1.165) is 27.1 Å². The molecular weight excluding hydrogens is 308 g/mol. The summed E-state index contributed by atoms with van der Waals surface area (Å²) < 4.78 is 11.4. The van der Waals surface area contributed by atoms with E-state index in [4.69, 9.17) is 9.47 Å². The third kappa shape index (κ3) is 2.96. The fraction of sp³-hybridized carbons (Fsp3) is 0.333. The van der Waals surface area contributed by atoms with Crippen molar-refractivity contribution in [3.8, 4) is 5.75 Å². The van der Waals surface area contributed by atoms with Crippen LogP contribution in [0.25, 0.3) is 0 Å². The molecule has 0 bridgehead atoms. The van der Waals surface area contributed by atoms with Crippen molar-refractivity contribution in [2.75, 3.05) is 18.6 Å². The minimum Gasteiger partial charge on any atom is -0.497 e. The summed E-state index contributed by atoms with van der Waals surface area (Å²) in [7, 11) is 1.59. The van der Waals surface area contributed by atoms with E-state index in [9.17, 15) is 9.59 Å². The van der Waals surface area contributed by atoms with Gasteiger partial charge >= 0.3 is 5.97 Å². The van der Waals surface area contributed by atoms with E-state index in [2.05, 4.69) is 0 Å². The van der Waals surface area contributed by atoms with E-state index in [1.54, 1.807) is 42.8 Å². The Hall–Kier alpha value is -1.40. The van der Waals surface area contributed by atoms with Gasteiger partial charge in [0, 0.05) is 11.5 Å². The highest BCUT2D eigenvalue weighted by molar-refractivity contribution is 8.25. The average Bonchev–Trinajstić information content (AvgIpc) is 3.00. The Morgan fingerprint density at radius 3 is 2.38 bits per heavy atom. The van der Waals surface area contributed by atoms with E-state index in [-0.39, 0.29) is 17.8 Å². The number of benzene rings is 1. The van der Waals surface area contributed by atoms with Crippen LogP contribution in [0.3, 0.4) is 0 Å². The largest absolute Gasteiger partial charge is 0.497 e. The summed E-state index contributed by atoms with van der Waals surface area (Å²) in [6.07, 6.45) is -0.297. The number of Topliss-reactive ketones (excluding diaryl/α,β-unsaturated/α-hetero) is 1. The van der Waals surface area contributed by atoms with E-state index in [1.165, 1.54) is 0 Å².